The summed E-state index contributed by atoms with van der Waals surface area (Å²) < 4.78 is 6.26. The molecule has 2 aliphatic rings. The summed E-state index contributed by atoms with van der Waals surface area (Å²) in [7, 11) is 0. The van der Waals surface area contributed by atoms with Gasteiger partial charge in [0.2, 0.25) is 0 Å². The zero-order valence-electron chi connectivity index (χ0n) is 28.9. The first-order valence-corrected chi connectivity index (χ1v) is 18.8. The van der Waals surface area contributed by atoms with E-state index in [1.54, 1.807) is 0 Å². The molecule has 0 saturated heterocycles. The molecular weight excluding hydrogens is 681 g/mol. The second-order valence-corrected chi connectivity index (χ2v) is 14.5. The average molecular weight is 711 g/mol. The van der Waals surface area contributed by atoms with Gasteiger partial charge in [-0.2, -0.15) is 0 Å². The standard InChI is InChI=1S/C48H30N4OS/c1-2-12-36-31(11-1)25-30-37-46(32-21-26-35(27-22-32)52-40-15-5-9-19-44(40)54-45-20-10-6-16-41(45)52)49-48(50-47(36)37)33-23-28-34(29-24-33)51-38-13-3-7-17-42(38)53-43-18-8-4-14-39(43)51/h1-30H. The smallest absolute Gasteiger partial charge is 0.160 e. The minimum absolute atomic E-state index is 0.683. The zero-order chi connectivity index (χ0) is 35.6. The molecule has 2 aliphatic heterocycles. The van der Waals surface area contributed by atoms with E-state index >= 15 is 0 Å². The molecule has 0 N–H and O–H groups in total. The first-order chi connectivity index (χ1) is 26.8. The van der Waals surface area contributed by atoms with Gasteiger partial charge in [0.1, 0.15) is 0 Å². The van der Waals surface area contributed by atoms with Gasteiger partial charge in [0, 0.05) is 43.1 Å². The van der Waals surface area contributed by atoms with E-state index in [2.05, 4.69) is 155 Å². The molecule has 9 aromatic rings. The van der Waals surface area contributed by atoms with Crippen molar-refractivity contribution < 1.29 is 4.74 Å². The Morgan fingerprint density at radius 3 is 1.57 bits per heavy atom. The molecule has 3 heterocycles. The lowest BCUT2D eigenvalue weighted by Gasteiger charge is -2.32. The van der Waals surface area contributed by atoms with Crippen molar-refractivity contribution in [1.82, 2.24) is 9.97 Å². The Morgan fingerprint density at radius 1 is 0.407 bits per heavy atom. The lowest BCUT2D eigenvalue weighted by atomic mass is 10.0. The van der Waals surface area contributed by atoms with Crippen molar-refractivity contribution in [2.75, 3.05) is 9.80 Å². The molecule has 0 saturated carbocycles. The summed E-state index contributed by atoms with van der Waals surface area (Å²) in [4.78, 5) is 17.7. The number of hydrogen-bond donors (Lipinski definition) is 0. The van der Waals surface area contributed by atoms with E-state index in [9.17, 15) is 0 Å². The number of ether oxygens (including phenoxy) is 1. The number of para-hydroxylation sites is 6. The van der Waals surface area contributed by atoms with Gasteiger partial charge in [0.15, 0.2) is 17.3 Å². The third-order valence-electron chi connectivity index (χ3n) is 10.2. The number of rotatable bonds is 4. The number of hydrogen-bond acceptors (Lipinski definition) is 6. The van der Waals surface area contributed by atoms with Gasteiger partial charge in [-0.25, -0.2) is 9.97 Å². The Hall–Kier alpha value is -6.89. The van der Waals surface area contributed by atoms with Crippen LogP contribution in [0.15, 0.2) is 192 Å². The van der Waals surface area contributed by atoms with Crippen LogP contribution in [0.2, 0.25) is 0 Å². The lowest BCUT2D eigenvalue weighted by molar-refractivity contribution is 0.477. The van der Waals surface area contributed by atoms with Gasteiger partial charge in [0.05, 0.1) is 34.0 Å². The quantitative estimate of drug-likeness (QED) is 0.169. The van der Waals surface area contributed by atoms with Crippen LogP contribution in [0.3, 0.4) is 0 Å². The molecular formula is C48H30N4OS. The molecule has 0 radical (unpaired) electrons. The summed E-state index contributed by atoms with van der Waals surface area (Å²) in [5.41, 5.74) is 10.3. The van der Waals surface area contributed by atoms with E-state index < -0.39 is 0 Å². The molecule has 0 spiro atoms. The fourth-order valence-corrected chi connectivity index (χ4v) is 8.76. The van der Waals surface area contributed by atoms with Gasteiger partial charge in [-0.15, -0.1) is 0 Å². The summed E-state index contributed by atoms with van der Waals surface area (Å²) in [5.74, 6) is 2.34. The van der Waals surface area contributed by atoms with E-state index in [-0.39, 0.29) is 0 Å². The van der Waals surface area contributed by atoms with E-state index in [0.717, 1.165) is 72.7 Å². The van der Waals surface area contributed by atoms with E-state index in [4.69, 9.17) is 14.7 Å². The maximum Gasteiger partial charge on any atom is 0.160 e. The number of nitrogens with zero attached hydrogens (tertiary/aromatic N) is 4. The molecule has 8 aromatic carbocycles. The fraction of sp³-hybridized carbons (Fsp3) is 0. The highest BCUT2D eigenvalue weighted by Gasteiger charge is 2.26. The normalized spacial score (nSPS) is 12.8. The molecule has 0 bridgehead atoms. The SMILES string of the molecule is c1ccc2c(c1)Oc1ccccc1N2c1ccc(-c2nc(-c3ccc(N4c5ccccc5Sc5ccccc54)cc3)c3ccc4ccccc4c3n2)cc1. The van der Waals surface area contributed by atoms with Gasteiger partial charge in [-0.3, -0.25) is 0 Å². The van der Waals surface area contributed by atoms with Crippen LogP contribution in [0.5, 0.6) is 11.5 Å². The fourth-order valence-electron chi connectivity index (χ4n) is 7.71. The van der Waals surface area contributed by atoms with E-state index in [1.807, 2.05) is 48.2 Å². The Bertz CT molecular complexity index is 2820. The summed E-state index contributed by atoms with van der Waals surface area (Å²) >= 11 is 1.82. The number of fused-ring (bicyclic) bond motifs is 7. The average Bonchev–Trinajstić information content (AvgIpc) is 3.24. The molecule has 5 nitrogen and oxygen atoms in total. The summed E-state index contributed by atoms with van der Waals surface area (Å²) in [6, 6.07) is 63.7. The third-order valence-corrected chi connectivity index (χ3v) is 11.4. The second-order valence-electron chi connectivity index (χ2n) is 13.4. The van der Waals surface area contributed by atoms with E-state index in [1.165, 1.54) is 21.2 Å². The van der Waals surface area contributed by atoms with Crippen molar-refractivity contribution in [3.8, 4) is 34.1 Å². The van der Waals surface area contributed by atoms with Gasteiger partial charge in [-0.1, -0.05) is 103 Å². The van der Waals surface area contributed by atoms with Crippen LogP contribution >= 0.6 is 11.8 Å². The van der Waals surface area contributed by atoms with Crippen molar-refractivity contribution in [1.29, 1.82) is 0 Å². The summed E-state index contributed by atoms with van der Waals surface area (Å²) in [6.45, 7) is 0. The highest BCUT2D eigenvalue weighted by Crippen LogP contribution is 2.52. The van der Waals surface area contributed by atoms with Crippen molar-refractivity contribution in [2.45, 2.75) is 9.79 Å². The van der Waals surface area contributed by atoms with Gasteiger partial charge in [-0.05, 0) is 96.4 Å². The minimum atomic E-state index is 0.683. The number of benzene rings is 8. The lowest BCUT2D eigenvalue weighted by Crippen LogP contribution is -2.15. The first kappa shape index (κ1) is 30.7. The highest BCUT2D eigenvalue weighted by molar-refractivity contribution is 7.99. The highest BCUT2D eigenvalue weighted by atomic mass is 32.2. The molecule has 0 amide bonds. The van der Waals surface area contributed by atoms with Crippen LogP contribution in [0, 0.1) is 0 Å². The van der Waals surface area contributed by atoms with Gasteiger partial charge >= 0.3 is 0 Å². The molecule has 0 fully saturated rings. The monoisotopic (exact) mass is 710 g/mol. The Kier molecular flexibility index (Phi) is 7.03. The van der Waals surface area contributed by atoms with Gasteiger partial charge in [0.25, 0.3) is 0 Å². The van der Waals surface area contributed by atoms with Crippen LogP contribution in [0.25, 0.3) is 44.3 Å². The van der Waals surface area contributed by atoms with Crippen molar-refractivity contribution in [3.63, 3.8) is 0 Å². The predicted molar refractivity (Wildman–Crippen MR) is 221 cm³/mol. The maximum absolute atomic E-state index is 6.26. The zero-order valence-corrected chi connectivity index (χ0v) is 29.7. The van der Waals surface area contributed by atoms with Crippen LogP contribution in [0.1, 0.15) is 0 Å². The molecule has 0 aliphatic carbocycles. The van der Waals surface area contributed by atoms with Crippen molar-refractivity contribution >= 4 is 67.6 Å². The molecule has 54 heavy (non-hydrogen) atoms. The third kappa shape index (κ3) is 4.95. The van der Waals surface area contributed by atoms with Crippen LogP contribution in [-0.4, -0.2) is 9.97 Å². The largest absolute Gasteiger partial charge is 0.453 e. The molecule has 11 rings (SSSR count). The maximum atomic E-state index is 6.26. The molecule has 0 atom stereocenters. The van der Waals surface area contributed by atoms with Crippen LogP contribution in [0.4, 0.5) is 34.1 Å². The van der Waals surface area contributed by atoms with Gasteiger partial charge < -0.3 is 14.5 Å². The second kappa shape index (κ2) is 12.4. The Labute approximate surface area is 316 Å². The van der Waals surface area contributed by atoms with Crippen LogP contribution < -0.4 is 14.5 Å². The van der Waals surface area contributed by atoms with E-state index in [0.29, 0.717) is 5.82 Å². The van der Waals surface area contributed by atoms with Crippen molar-refractivity contribution in [2.24, 2.45) is 0 Å². The number of anilines is 6. The molecule has 254 valence electrons. The molecule has 1 aromatic heterocycles. The number of aromatic nitrogens is 2. The van der Waals surface area contributed by atoms with Crippen molar-refractivity contribution in [3.05, 3.63) is 182 Å². The topological polar surface area (TPSA) is 41.5 Å². The summed E-state index contributed by atoms with van der Waals surface area (Å²) in [6.07, 6.45) is 0. The molecule has 6 heteroatoms. The molecule has 0 unspecified atom stereocenters. The first-order valence-electron chi connectivity index (χ1n) is 18.0. The Balaban J connectivity index is 1.03. The minimum Gasteiger partial charge on any atom is -0.453 e. The predicted octanol–water partition coefficient (Wildman–Crippen LogP) is 13.6. The summed E-state index contributed by atoms with van der Waals surface area (Å²) in [5, 5.41) is 3.28. The Morgan fingerprint density at radius 2 is 0.926 bits per heavy atom. The van der Waals surface area contributed by atoms with Crippen LogP contribution in [-0.2, 0) is 0 Å².